The zero-order valence-electron chi connectivity index (χ0n) is 21.8. The van der Waals surface area contributed by atoms with Gasteiger partial charge in [-0.25, -0.2) is 9.36 Å². The highest BCUT2D eigenvalue weighted by atomic mass is 35.5. The smallest absolute Gasteiger partial charge is 0.333 e. The van der Waals surface area contributed by atoms with Gasteiger partial charge in [0.25, 0.3) is 11.5 Å². The Bertz CT molecular complexity index is 1970. The molecule has 212 valence electrons. The molecule has 0 saturated heterocycles. The molecule has 0 bridgehead atoms. The van der Waals surface area contributed by atoms with Crippen molar-refractivity contribution in [1.29, 1.82) is 0 Å². The van der Waals surface area contributed by atoms with Crippen molar-refractivity contribution >= 4 is 55.0 Å². The van der Waals surface area contributed by atoms with Crippen molar-refractivity contribution in [2.75, 3.05) is 18.7 Å². The van der Waals surface area contributed by atoms with Gasteiger partial charge in [0.2, 0.25) is 0 Å². The van der Waals surface area contributed by atoms with Gasteiger partial charge in [0.1, 0.15) is 9.96 Å². The van der Waals surface area contributed by atoms with Crippen molar-refractivity contribution < 1.29 is 18.3 Å². The third-order valence-electron chi connectivity index (χ3n) is 6.27. The number of benzene rings is 3. The summed E-state index contributed by atoms with van der Waals surface area (Å²) in [6.45, 7) is 0.509. The molecule has 0 aliphatic carbocycles. The molecule has 2 aromatic heterocycles. The maximum absolute atomic E-state index is 13.3. The van der Waals surface area contributed by atoms with Gasteiger partial charge in [-0.1, -0.05) is 33.3 Å². The quantitative estimate of drug-likeness (QED) is 0.200. The molecular formula is C28H25ClN4O6S2. The number of thiophene rings is 1. The monoisotopic (exact) mass is 612 g/mol. The first-order valence-electron chi connectivity index (χ1n) is 12.2. The van der Waals surface area contributed by atoms with Crippen LogP contribution in [0.3, 0.4) is 0 Å². The van der Waals surface area contributed by atoms with Crippen LogP contribution in [0, 0.1) is 0 Å². The Balaban J connectivity index is 1.37. The average Bonchev–Trinajstić information content (AvgIpc) is 3.39. The molecule has 0 aliphatic heterocycles. The second kappa shape index (κ2) is 10.6. The van der Waals surface area contributed by atoms with Crippen molar-refractivity contribution in [3.05, 3.63) is 115 Å². The zero-order chi connectivity index (χ0) is 29.4. The number of H-pyrrole nitrogens is 1. The van der Waals surface area contributed by atoms with Crippen LogP contribution < -0.4 is 26.0 Å². The Labute approximate surface area is 242 Å². The standard InChI is InChI=1S/C28H25ClN4O6S2/c1-39-21-5-3-4-17(14-21)16-30-19-8-11-22-23(15-19)31-28(36)33(27(22)35)20-9-6-18(7-10-20)26(34)32-41(2,37,38)25-13-12-24(29)40-25/h3-15,30H,16H2,1-2H3,(H,31,36)(H2,32,34,37,38). The summed E-state index contributed by atoms with van der Waals surface area (Å²) in [4.78, 5) is 41.7. The Morgan fingerprint density at radius 3 is 2.51 bits per heavy atom. The third-order valence-corrected chi connectivity index (χ3v) is 10.5. The predicted molar refractivity (Wildman–Crippen MR) is 162 cm³/mol. The van der Waals surface area contributed by atoms with E-state index in [4.69, 9.17) is 16.3 Å². The van der Waals surface area contributed by atoms with Crippen LogP contribution in [0.4, 0.5) is 5.69 Å². The molecule has 2 heterocycles. The van der Waals surface area contributed by atoms with E-state index in [1.807, 2.05) is 24.3 Å². The van der Waals surface area contributed by atoms with Crippen LogP contribution >= 0.6 is 22.9 Å². The number of ether oxygens (including phenoxy) is 1. The molecule has 0 aliphatic rings. The Kier molecular flexibility index (Phi) is 7.34. The number of carbonyl (C=O) groups excluding carboxylic acids is 1. The van der Waals surface area contributed by atoms with E-state index in [9.17, 15) is 23.1 Å². The number of nitrogens with zero attached hydrogens (tertiary/aromatic N) is 1. The van der Waals surface area contributed by atoms with Gasteiger partial charge in [-0.15, -0.1) is 11.3 Å². The SMILES string of the molecule is COc1cccc(CNc2ccc3c(=O)n(-c4ccc(C(=O)NS(C)(=O)(O)c5ccc(Cl)s5)cc4)c(=O)[nH]c3c2)c1. The molecule has 0 radical (unpaired) electrons. The topological polar surface area (TPSA) is 143 Å². The lowest BCUT2D eigenvalue weighted by Gasteiger charge is -2.38. The summed E-state index contributed by atoms with van der Waals surface area (Å²) in [5.41, 5.74) is 1.15. The number of methoxy groups -OCH3 is 1. The molecular weight excluding hydrogens is 588 g/mol. The van der Waals surface area contributed by atoms with Gasteiger partial charge in [-0.05, 0) is 72.3 Å². The maximum atomic E-state index is 13.3. The Morgan fingerprint density at radius 2 is 1.83 bits per heavy atom. The number of nitrogens with one attached hydrogen (secondary N) is 3. The largest absolute Gasteiger partial charge is 0.497 e. The summed E-state index contributed by atoms with van der Waals surface area (Å²) < 4.78 is 32.6. The van der Waals surface area contributed by atoms with Crippen LogP contribution in [0.1, 0.15) is 15.9 Å². The van der Waals surface area contributed by atoms with Gasteiger partial charge in [0, 0.05) is 24.1 Å². The highest BCUT2D eigenvalue weighted by molar-refractivity contribution is 8.14. The molecule has 41 heavy (non-hydrogen) atoms. The highest BCUT2D eigenvalue weighted by Crippen LogP contribution is 2.35. The number of anilines is 1. The van der Waals surface area contributed by atoms with E-state index in [2.05, 4.69) is 15.0 Å². The summed E-state index contributed by atoms with van der Waals surface area (Å²) in [7, 11) is -3.10. The molecule has 5 rings (SSSR count). The molecule has 0 atom stereocenters. The van der Waals surface area contributed by atoms with Crippen LogP contribution in [-0.4, -0.2) is 37.6 Å². The number of rotatable bonds is 8. The van der Waals surface area contributed by atoms with Gasteiger partial charge in [0.15, 0.2) is 0 Å². The van der Waals surface area contributed by atoms with Crippen LogP contribution in [0.5, 0.6) is 5.75 Å². The van der Waals surface area contributed by atoms with Gasteiger partial charge in [-0.2, -0.15) is 4.21 Å². The van der Waals surface area contributed by atoms with E-state index in [0.717, 1.165) is 33.5 Å². The van der Waals surface area contributed by atoms with Crippen molar-refractivity contribution in [2.24, 2.45) is 0 Å². The van der Waals surface area contributed by atoms with E-state index in [0.29, 0.717) is 27.5 Å². The lowest BCUT2D eigenvalue weighted by molar-refractivity contribution is 0.0978. The number of fused-ring (bicyclic) bond motifs is 1. The van der Waals surface area contributed by atoms with Crippen molar-refractivity contribution in [2.45, 2.75) is 10.8 Å². The first kappa shape index (κ1) is 28.3. The van der Waals surface area contributed by atoms with Gasteiger partial charge in [-0.3, -0.25) is 18.9 Å². The molecule has 4 N–H and O–H groups in total. The minimum absolute atomic E-state index is 0.0184. The molecule has 0 spiro atoms. The lowest BCUT2D eigenvalue weighted by atomic mass is 10.1. The zero-order valence-corrected chi connectivity index (χ0v) is 24.2. The van der Waals surface area contributed by atoms with Crippen LogP contribution in [0.25, 0.3) is 16.6 Å². The summed E-state index contributed by atoms with van der Waals surface area (Å²) >= 11 is 6.77. The van der Waals surface area contributed by atoms with Crippen LogP contribution in [0.15, 0.2) is 92.7 Å². The summed E-state index contributed by atoms with van der Waals surface area (Å²) in [5.74, 6) is -0.0652. The van der Waals surface area contributed by atoms with E-state index in [1.165, 1.54) is 36.4 Å². The van der Waals surface area contributed by atoms with Crippen molar-refractivity contribution in [3.8, 4) is 11.4 Å². The first-order valence-corrected chi connectivity index (χ1v) is 15.7. The first-order chi connectivity index (χ1) is 19.4. The Hall–Kier alpha value is -4.23. The molecule has 13 heteroatoms. The Morgan fingerprint density at radius 1 is 1.07 bits per heavy atom. The number of amides is 1. The number of carbonyl (C=O) groups is 1. The summed E-state index contributed by atoms with van der Waals surface area (Å²) in [6.07, 6.45) is 1.03. The van der Waals surface area contributed by atoms with E-state index in [-0.39, 0.29) is 15.5 Å². The van der Waals surface area contributed by atoms with Crippen LogP contribution in [-0.2, 0) is 16.1 Å². The predicted octanol–water partition coefficient (Wildman–Crippen LogP) is 4.64. The van der Waals surface area contributed by atoms with E-state index >= 15 is 0 Å². The molecule has 5 aromatic rings. The second-order valence-corrected chi connectivity index (χ2v) is 14.5. The lowest BCUT2D eigenvalue weighted by Crippen LogP contribution is -2.48. The van der Waals surface area contributed by atoms with Gasteiger partial charge in [0.05, 0.1) is 28.0 Å². The summed E-state index contributed by atoms with van der Waals surface area (Å²) in [6, 6.07) is 21.0. The molecule has 1 amide bonds. The molecule has 10 nitrogen and oxygen atoms in total. The molecule has 0 unspecified atom stereocenters. The normalized spacial score (nSPS) is 12.4. The second-order valence-electron chi connectivity index (χ2n) is 9.36. The van der Waals surface area contributed by atoms with E-state index < -0.39 is 26.7 Å². The fraction of sp³-hybridized carbons (Fsp3) is 0.107. The fourth-order valence-electron chi connectivity index (χ4n) is 4.19. The number of hydrogen-bond donors (Lipinski definition) is 4. The summed E-state index contributed by atoms with van der Waals surface area (Å²) in [5, 5.41) is 3.56. The van der Waals surface area contributed by atoms with Gasteiger partial charge >= 0.3 is 5.69 Å². The molecule has 3 aromatic carbocycles. The third kappa shape index (κ3) is 5.95. The highest BCUT2D eigenvalue weighted by Gasteiger charge is 2.28. The maximum Gasteiger partial charge on any atom is 0.333 e. The fourth-order valence-corrected chi connectivity index (χ4v) is 7.33. The van der Waals surface area contributed by atoms with Gasteiger partial charge < -0.3 is 15.0 Å². The molecule has 0 fully saturated rings. The van der Waals surface area contributed by atoms with Crippen LogP contribution in [0.2, 0.25) is 4.34 Å². The van der Waals surface area contributed by atoms with E-state index in [1.54, 1.807) is 25.3 Å². The van der Waals surface area contributed by atoms with Crippen molar-refractivity contribution in [1.82, 2.24) is 14.3 Å². The number of halogens is 1. The number of aromatic amines is 1. The number of aromatic nitrogens is 2. The average molecular weight is 613 g/mol. The van der Waals surface area contributed by atoms with Crippen molar-refractivity contribution in [3.63, 3.8) is 0 Å². The minimum atomic E-state index is -4.70. The minimum Gasteiger partial charge on any atom is -0.497 e. The molecule has 0 saturated carbocycles. The number of hydrogen-bond acceptors (Lipinski definition) is 7.